The van der Waals surface area contributed by atoms with Crippen LogP contribution in [0.15, 0.2) is 24.3 Å². The molecule has 7 heteroatoms. The quantitative estimate of drug-likeness (QED) is 0.865. The second-order valence-corrected chi connectivity index (χ2v) is 8.01. The number of carbonyl (C=O) groups is 1. The molecule has 1 N–H and O–H groups in total. The van der Waals surface area contributed by atoms with Crippen LogP contribution in [-0.2, 0) is 0 Å². The third-order valence-corrected chi connectivity index (χ3v) is 5.95. The number of urea groups is 1. The number of carbonyl (C=O) groups excluding carboxylic acids is 1. The molecule has 0 atom stereocenters. The summed E-state index contributed by atoms with van der Waals surface area (Å²) in [7, 11) is 0. The summed E-state index contributed by atoms with van der Waals surface area (Å²) in [4.78, 5) is 28.6. The number of anilines is 3. The zero-order valence-electron chi connectivity index (χ0n) is 17.6. The molecule has 29 heavy (non-hydrogen) atoms. The molecule has 0 aliphatic carbocycles. The van der Waals surface area contributed by atoms with Gasteiger partial charge in [-0.25, -0.2) is 9.78 Å². The van der Waals surface area contributed by atoms with Crippen LogP contribution in [0.1, 0.15) is 29.7 Å². The zero-order chi connectivity index (χ0) is 20.4. The Bertz CT molecular complexity index is 885. The number of nitrogens with zero attached hydrogens (tertiary/aromatic N) is 5. The van der Waals surface area contributed by atoms with Crippen molar-refractivity contribution >= 4 is 23.5 Å². The lowest BCUT2D eigenvalue weighted by Gasteiger charge is -2.35. The Kier molecular flexibility index (Phi) is 5.56. The summed E-state index contributed by atoms with van der Waals surface area (Å²) >= 11 is 0. The molecule has 1 aromatic carbocycles. The Balaban J connectivity index is 1.39. The summed E-state index contributed by atoms with van der Waals surface area (Å²) in [6.45, 7) is 11.1. The van der Waals surface area contributed by atoms with Gasteiger partial charge in [-0.15, -0.1) is 0 Å². The maximum absolute atomic E-state index is 12.7. The number of nitrogens with one attached hydrogen (secondary N) is 1. The smallest absolute Gasteiger partial charge is 0.321 e. The van der Waals surface area contributed by atoms with Crippen LogP contribution in [0.2, 0.25) is 0 Å². The minimum atomic E-state index is -0.0324. The van der Waals surface area contributed by atoms with Gasteiger partial charge in [0.2, 0.25) is 5.95 Å². The van der Waals surface area contributed by atoms with E-state index in [0.29, 0.717) is 13.1 Å². The van der Waals surface area contributed by atoms with Crippen molar-refractivity contribution in [2.75, 3.05) is 54.4 Å². The van der Waals surface area contributed by atoms with Crippen LogP contribution in [0.3, 0.4) is 0 Å². The van der Waals surface area contributed by atoms with Crippen molar-refractivity contribution < 1.29 is 4.79 Å². The molecule has 154 valence electrons. The minimum absolute atomic E-state index is 0.0324. The third-order valence-electron chi connectivity index (χ3n) is 5.95. The van der Waals surface area contributed by atoms with E-state index in [4.69, 9.17) is 4.98 Å². The van der Waals surface area contributed by atoms with Crippen molar-refractivity contribution in [3.05, 3.63) is 41.1 Å². The average Bonchev–Trinajstić information content (AvgIpc) is 3.26. The number of benzene rings is 1. The lowest BCUT2D eigenvalue weighted by Crippen LogP contribution is -2.50. The van der Waals surface area contributed by atoms with E-state index in [9.17, 15) is 4.79 Å². The molecular formula is C22H30N6O. The molecule has 2 amide bonds. The fraction of sp³-hybridized carbons (Fsp3) is 0.500. The fourth-order valence-corrected chi connectivity index (χ4v) is 3.98. The molecular weight excluding hydrogens is 364 g/mol. The van der Waals surface area contributed by atoms with Gasteiger partial charge in [-0.1, -0.05) is 12.1 Å². The summed E-state index contributed by atoms with van der Waals surface area (Å²) in [5, 5.41) is 3.07. The monoisotopic (exact) mass is 394 g/mol. The fourth-order valence-electron chi connectivity index (χ4n) is 3.98. The Morgan fingerprint density at radius 3 is 2.38 bits per heavy atom. The summed E-state index contributed by atoms with van der Waals surface area (Å²) in [5.41, 5.74) is 4.18. The first-order valence-corrected chi connectivity index (χ1v) is 10.5. The van der Waals surface area contributed by atoms with E-state index in [1.807, 2.05) is 36.9 Å². The number of piperazine rings is 1. The molecule has 7 nitrogen and oxygen atoms in total. The standard InChI is InChI=1S/C22H30N6O/c1-16-7-6-8-19(18(16)3)24-22(29)28-13-11-26(12-14-28)20-15-17(2)23-21(25-20)27-9-4-5-10-27/h6-8,15H,4-5,9-14H2,1-3H3,(H,24,29). The summed E-state index contributed by atoms with van der Waals surface area (Å²) < 4.78 is 0. The lowest BCUT2D eigenvalue weighted by atomic mass is 10.1. The Labute approximate surface area is 172 Å². The highest BCUT2D eigenvalue weighted by molar-refractivity contribution is 5.90. The molecule has 2 fully saturated rings. The molecule has 2 aliphatic heterocycles. The number of aryl methyl sites for hydroxylation is 2. The Morgan fingerprint density at radius 2 is 1.66 bits per heavy atom. The number of amides is 2. The largest absolute Gasteiger partial charge is 0.353 e. The summed E-state index contributed by atoms with van der Waals surface area (Å²) in [5.74, 6) is 1.81. The van der Waals surface area contributed by atoms with Crippen molar-refractivity contribution in [1.29, 1.82) is 0 Å². The van der Waals surface area contributed by atoms with Crippen LogP contribution in [0.5, 0.6) is 0 Å². The molecule has 0 spiro atoms. The number of rotatable bonds is 3. The molecule has 2 saturated heterocycles. The first-order chi connectivity index (χ1) is 14.0. The minimum Gasteiger partial charge on any atom is -0.353 e. The van der Waals surface area contributed by atoms with Crippen molar-refractivity contribution in [1.82, 2.24) is 14.9 Å². The molecule has 2 aliphatic rings. The highest BCUT2D eigenvalue weighted by Crippen LogP contribution is 2.22. The van der Waals surface area contributed by atoms with E-state index in [0.717, 1.165) is 54.9 Å². The summed E-state index contributed by atoms with van der Waals surface area (Å²) in [6.07, 6.45) is 2.42. The highest BCUT2D eigenvalue weighted by Gasteiger charge is 2.24. The Hall–Kier alpha value is -2.83. The Morgan fingerprint density at radius 1 is 0.931 bits per heavy atom. The number of hydrogen-bond acceptors (Lipinski definition) is 5. The van der Waals surface area contributed by atoms with E-state index < -0.39 is 0 Å². The van der Waals surface area contributed by atoms with E-state index in [1.54, 1.807) is 0 Å². The second kappa shape index (κ2) is 8.27. The topological polar surface area (TPSA) is 64.6 Å². The first kappa shape index (κ1) is 19.5. The maximum Gasteiger partial charge on any atom is 0.321 e. The van der Waals surface area contributed by atoms with Crippen LogP contribution in [0.25, 0.3) is 0 Å². The molecule has 4 rings (SSSR count). The van der Waals surface area contributed by atoms with E-state index in [2.05, 4.69) is 33.1 Å². The molecule has 0 bridgehead atoms. The number of aromatic nitrogens is 2. The van der Waals surface area contributed by atoms with Crippen molar-refractivity contribution in [3.8, 4) is 0 Å². The molecule has 0 radical (unpaired) electrons. The molecule has 0 unspecified atom stereocenters. The number of hydrogen-bond donors (Lipinski definition) is 1. The van der Waals surface area contributed by atoms with Crippen LogP contribution in [0.4, 0.5) is 22.2 Å². The van der Waals surface area contributed by atoms with Crippen LogP contribution < -0.4 is 15.1 Å². The van der Waals surface area contributed by atoms with Crippen LogP contribution in [0, 0.1) is 20.8 Å². The predicted octanol–water partition coefficient (Wildman–Crippen LogP) is 3.36. The predicted molar refractivity (Wildman–Crippen MR) is 117 cm³/mol. The SMILES string of the molecule is Cc1cc(N2CCN(C(=O)Nc3cccc(C)c3C)CC2)nc(N2CCCC2)n1. The van der Waals surface area contributed by atoms with Crippen molar-refractivity contribution in [3.63, 3.8) is 0 Å². The van der Waals surface area contributed by atoms with Gasteiger partial charge in [-0.05, 0) is 50.8 Å². The van der Waals surface area contributed by atoms with Gasteiger partial charge >= 0.3 is 6.03 Å². The van der Waals surface area contributed by atoms with Gasteiger partial charge in [0, 0.05) is 56.7 Å². The van der Waals surface area contributed by atoms with Crippen molar-refractivity contribution in [2.45, 2.75) is 33.6 Å². The highest BCUT2D eigenvalue weighted by atomic mass is 16.2. The van der Waals surface area contributed by atoms with Gasteiger partial charge in [-0.2, -0.15) is 4.98 Å². The molecule has 0 saturated carbocycles. The van der Waals surface area contributed by atoms with Crippen molar-refractivity contribution in [2.24, 2.45) is 0 Å². The van der Waals surface area contributed by atoms with Gasteiger partial charge in [0.1, 0.15) is 5.82 Å². The normalized spacial score (nSPS) is 17.0. The van der Waals surface area contributed by atoms with Gasteiger partial charge < -0.3 is 20.0 Å². The first-order valence-electron chi connectivity index (χ1n) is 10.5. The van der Waals surface area contributed by atoms with E-state index in [1.165, 1.54) is 18.4 Å². The van der Waals surface area contributed by atoms with Gasteiger partial charge in [0.25, 0.3) is 0 Å². The molecule has 3 heterocycles. The van der Waals surface area contributed by atoms with E-state index in [-0.39, 0.29) is 6.03 Å². The van der Waals surface area contributed by atoms with E-state index >= 15 is 0 Å². The summed E-state index contributed by atoms with van der Waals surface area (Å²) in [6, 6.07) is 8.01. The van der Waals surface area contributed by atoms with Gasteiger partial charge in [0.15, 0.2) is 0 Å². The molecule has 1 aromatic heterocycles. The molecule has 2 aromatic rings. The maximum atomic E-state index is 12.7. The average molecular weight is 395 g/mol. The van der Waals surface area contributed by atoms with Gasteiger partial charge in [0.05, 0.1) is 0 Å². The second-order valence-electron chi connectivity index (χ2n) is 8.01. The third kappa shape index (κ3) is 4.28. The zero-order valence-corrected chi connectivity index (χ0v) is 17.6. The van der Waals surface area contributed by atoms with Crippen LogP contribution >= 0.6 is 0 Å². The van der Waals surface area contributed by atoms with Crippen LogP contribution in [-0.4, -0.2) is 60.2 Å². The van der Waals surface area contributed by atoms with Gasteiger partial charge in [-0.3, -0.25) is 0 Å². The lowest BCUT2D eigenvalue weighted by molar-refractivity contribution is 0.208.